The highest BCUT2D eigenvalue weighted by molar-refractivity contribution is 9.10. The van der Waals surface area contributed by atoms with Crippen LogP contribution < -0.4 is 5.19 Å². The van der Waals surface area contributed by atoms with Crippen LogP contribution in [-0.2, 0) is 6.42 Å². The Morgan fingerprint density at radius 1 is 1.21 bits per heavy atom. The molecule has 0 aliphatic heterocycles. The second-order valence-corrected chi connectivity index (χ2v) is 10.8. The van der Waals surface area contributed by atoms with Gasteiger partial charge in [-0.05, 0) is 28.8 Å². The molecule has 0 N–H and O–H groups in total. The first-order valence-electron chi connectivity index (χ1n) is 4.98. The lowest BCUT2D eigenvalue weighted by Crippen LogP contribution is -2.38. The maximum Gasteiger partial charge on any atom is 0.0791 e. The summed E-state index contributed by atoms with van der Waals surface area (Å²) in [4.78, 5) is 0. The van der Waals surface area contributed by atoms with Gasteiger partial charge in [0.2, 0.25) is 0 Å². The van der Waals surface area contributed by atoms with E-state index < -0.39 is 8.07 Å². The normalized spacial score (nSPS) is 14.6. The summed E-state index contributed by atoms with van der Waals surface area (Å²) in [5, 5.41) is 1.53. The summed E-state index contributed by atoms with van der Waals surface area (Å²) in [6.45, 7) is 7.16. The van der Waals surface area contributed by atoms with Gasteiger partial charge in [-0.2, -0.15) is 0 Å². The van der Waals surface area contributed by atoms with Gasteiger partial charge in [-0.15, -0.1) is 0 Å². The smallest absolute Gasteiger partial charge is 0.0791 e. The Hall–Kier alpha value is -0.343. The molecule has 0 nitrogen and oxygen atoms in total. The van der Waals surface area contributed by atoms with Crippen LogP contribution in [-0.4, -0.2) is 8.07 Å². The average Bonchev–Trinajstić information content (AvgIpc) is 2.47. The monoisotopic (exact) mass is 266 g/mol. The maximum atomic E-state index is 3.69. The molecule has 0 heterocycles. The summed E-state index contributed by atoms with van der Waals surface area (Å²) in [6, 6.07) is 4.66. The molecule has 1 aliphatic carbocycles. The van der Waals surface area contributed by atoms with Crippen LogP contribution in [0.5, 0.6) is 0 Å². The largest absolute Gasteiger partial charge is 0.0795 e. The van der Waals surface area contributed by atoms with E-state index in [2.05, 4.69) is 59.9 Å². The molecule has 0 saturated heterocycles. The number of rotatable bonds is 1. The minimum Gasteiger partial charge on any atom is -0.0795 e. The number of hydrogen-bond donors (Lipinski definition) is 0. The molecular weight excluding hydrogens is 252 g/mol. The molecule has 0 spiro atoms. The van der Waals surface area contributed by atoms with Crippen LogP contribution in [0, 0.1) is 0 Å². The molecule has 1 aromatic rings. The molecule has 0 fully saturated rings. The van der Waals surface area contributed by atoms with Gasteiger partial charge in [0.1, 0.15) is 0 Å². The first-order chi connectivity index (χ1) is 6.48. The number of hydrogen-bond acceptors (Lipinski definition) is 0. The third-order valence-corrected chi connectivity index (χ3v) is 5.72. The fourth-order valence-electron chi connectivity index (χ4n) is 1.85. The van der Waals surface area contributed by atoms with Crippen molar-refractivity contribution in [3.63, 3.8) is 0 Å². The van der Waals surface area contributed by atoms with E-state index in [-0.39, 0.29) is 0 Å². The van der Waals surface area contributed by atoms with E-state index in [4.69, 9.17) is 0 Å². The molecule has 74 valence electrons. The van der Waals surface area contributed by atoms with Crippen LogP contribution in [0.15, 0.2) is 22.7 Å². The van der Waals surface area contributed by atoms with Crippen LogP contribution in [0.4, 0.5) is 0 Å². The van der Waals surface area contributed by atoms with E-state index in [1.807, 2.05) is 0 Å². The van der Waals surface area contributed by atoms with E-state index in [0.717, 1.165) is 6.42 Å². The van der Waals surface area contributed by atoms with Crippen molar-refractivity contribution in [3.8, 4) is 0 Å². The molecule has 0 bridgehead atoms. The van der Waals surface area contributed by atoms with Crippen molar-refractivity contribution in [1.29, 1.82) is 0 Å². The zero-order chi connectivity index (χ0) is 10.3. The third kappa shape index (κ3) is 1.73. The molecule has 1 aromatic carbocycles. The maximum absolute atomic E-state index is 3.69. The van der Waals surface area contributed by atoms with Crippen LogP contribution in [0.3, 0.4) is 0 Å². The number of allylic oxidation sites excluding steroid dienone is 1. The zero-order valence-corrected chi connectivity index (χ0v) is 11.5. The molecule has 0 radical (unpaired) electrons. The lowest BCUT2D eigenvalue weighted by atomic mass is 10.1. The van der Waals surface area contributed by atoms with Crippen LogP contribution >= 0.6 is 15.9 Å². The van der Waals surface area contributed by atoms with E-state index in [9.17, 15) is 0 Å². The van der Waals surface area contributed by atoms with Gasteiger partial charge in [-0.1, -0.05) is 53.8 Å². The Balaban J connectivity index is 2.57. The Labute approximate surface area is 95.2 Å². The number of halogens is 1. The summed E-state index contributed by atoms with van der Waals surface area (Å²) in [7, 11) is -1.20. The van der Waals surface area contributed by atoms with Gasteiger partial charge >= 0.3 is 0 Å². The van der Waals surface area contributed by atoms with Gasteiger partial charge in [-0.3, -0.25) is 0 Å². The lowest BCUT2D eigenvalue weighted by Gasteiger charge is -2.19. The summed E-state index contributed by atoms with van der Waals surface area (Å²) < 4.78 is 1.30. The Morgan fingerprint density at radius 3 is 2.57 bits per heavy atom. The standard InChI is InChI=1S/C12H15BrSi/c1-14(2,3)12-8-10-6-4-5-9(10)7-11(12)13/h4,6-8H,5H2,1-3H3. The Morgan fingerprint density at radius 2 is 1.93 bits per heavy atom. The summed E-state index contributed by atoms with van der Waals surface area (Å²) in [6.07, 6.45) is 5.58. The lowest BCUT2D eigenvalue weighted by molar-refractivity contribution is 1.31. The highest BCUT2D eigenvalue weighted by Crippen LogP contribution is 2.24. The van der Waals surface area contributed by atoms with Crippen molar-refractivity contribution in [3.05, 3.63) is 33.8 Å². The molecule has 14 heavy (non-hydrogen) atoms. The van der Waals surface area contributed by atoms with Crippen molar-refractivity contribution >= 4 is 35.3 Å². The predicted octanol–water partition coefficient (Wildman–Crippen LogP) is 3.56. The molecule has 0 aromatic heterocycles. The first kappa shape index (κ1) is 10.2. The summed E-state index contributed by atoms with van der Waals surface area (Å²) in [5.41, 5.74) is 2.88. The minimum absolute atomic E-state index is 1.10. The zero-order valence-electron chi connectivity index (χ0n) is 8.89. The highest BCUT2D eigenvalue weighted by Gasteiger charge is 2.21. The third-order valence-electron chi connectivity index (χ3n) is 2.67. The Kier molecular flexibility index (Phi) is 2.44. The topological polar surface area (TPSA) is 0 Å². The van der Waals surface area contributed by atoms with Crippen LogP contribution in [0.1, 0.15) is 11.1 Å². The van der Waals surface area contributed by atoms with Crippen molar-refractivity contribution in [1.82, 2.24) is 0 Å². The molecule has 0 saturated carbocycles. The van der Waals surface area contributed by atoms with Gasteiger partial charge < -0.3 is 0 Å². The molecule has 2 rings (SSSR count). The average molecular weight is 267 g/mol. The van der Waals surface area contributed by atoms with Crippen LogP contribution in [0.2, 0.25) is 19.6 Å². The number of fused-ring (bicyclic) bond motifs is 1. The summed E-state index contributed by atoms with van der Waals surface area (Å²) in [5.74, 6) is 0. The van der Waals surface area contributed by atoms with E-state index in [1.54, 1.807) is 0 Å². The fraction of sp³-hybridized carbons (Fsp3) is 0.333. The van der Waals surface area contributed by atoms with E-state index in [1.165, 1.54) is 20.8 Å². The van der Waals surface area contributed by atoms with Gasteiger partial charge in [0.15, 0.2) is 0 Å². The molecule has 0 atom stereocenters. The van der Waals surface area contributed by atoms with E-state index in [0.29, 0.717) is 0 Å². The second kappa shape index (κ2) is 3.35. The van der Waals surface area contributed by atoms with Gasteiger partial charge in [0, 0.05) is 4.47 Å². The molecule has 0 unspecified atom stereocenters. The van der Waals surface area contributed by atoms with Gasteiger partial charge in [0.25, 0.3) is 0 Å². The SMILES string of the molecule is C[Si](C)(C)c1cc2c(cc1Br)CC=C2. The highest BCUT2D eigenvalue weighted by atomic mass is 79.9. The van der Waals surface area contributed by atoms with Gasteiger partial charge in [0.05, 0.1) is 8.07 Å². The first-order valence-corrected chi connectivity index (χ1v) is 9.27. The predicted molar refractivity (Wildman–Crippen MR) is 69.9 cm³/mol. The molecule has 1 aliphatic rings. The van der Waals surface area contributed by atoms with Gasteiger partial charge in [-0.25, -0.2) is 0 Å². The number of benzene rings is 1. The molecule has 0 amide bonds. The van der Waals surface area contributed by atoms with Crippen LogP contribution in [0.25, 0.3) is 6.08 Å². The Bertz CT molecular complexity index is 400. The second-order valence-electron chi connectivity index (χ2n) is 4.89. The van der Waals surface area contributed by atoms with E-state index >= 15 is 0 Å². The van der Waals surface area contributed by atoms with Crippen molar-refractivity contribution < 1.29 is 0 Å². The van der Waals surface area contributed by atoms with Crippen molar-refractivity contribution in [2.24, 2.45) is 0 Å². The molecule has 2 heteroatoms. The van der Waals surface area contributed by atoms with Crippen molar-refractivity contribution in [2.75, 3.05) is 0 Å². The summed E-state index contributed by atoms with van der Waals surface area (Å²) >= 11 is 3.69. The minimum atomic E-state index is -1.20. The fourth-order valence-corrected chi connectivity index (χ4v) is 5.40. The quantitative estimate of drug-likeness (QED) is 0.682. The molecular formula is C12H15BrSi. The van der Waals surface area contributed by atoms with Crippen molar-refractivity contribution in [2.45, 2.75) is 26.1 Å².